The van der Waals surface area contributed by atoms with Crippen molar-refractivity contribution in [3.63, 3.8) is 0 Å². The van der Waals surface area contributed by atoms with E-state index in [0.717, 1.165) is 22.1 Å². The maximum Gasteiger partial charge on any atom is 0.265 e. The number of carbonyl (C=O) groups is 2. The molecule has 1 heterocycles. The lowest BCUT2D eigenvalue weighted by Gasteiger charge is -2.28. The Morgan fingerprint density at radius 1 is 1.14 bits per heavy atom. The van der Waals surface area contributed by atoms with Crippen molar-refractivity contribution in [2.24, 2.45) is 5.92 Å². The molecule has 0 spiro atoms. The third-order valence-corrected chi connectivity index (χ3v) is 4.82. The summed E-state index contributed by atoms with van der Waals surface area (Å²) in [5.74, 6) is 0.248. The second-order valence-electron chi connectivity index (χ2n) is 7.17. The van der Waals surface area contributed by atoms with Gasteiger partial charge >= 0.3 is 0 Å². The number of hydrogen-bond donors (Lipinski definition) is 1. The first-order valence-electron chi connectivity index (χ1n) is 9.44. The van der Waals surface area contributed by atoms with Crippen LogP contribution < -0.4 is 10.1 Å². The number of hydrogen-bond acceptors (Lipinski definition) is 5. The number of thiocarbonyl (C=S) groups is 1. The van der Waals surface area contributed by atoms with E-state index in [9.17, 15) is 9.59 Å². The topological polar surface area (TPSA) is 67.9 Å². The van der Waals surface area contributed by atoms with Gasteiger partial charge in [0.25, 0.3) is 11.8 Å². The van der Waals surface area contributed by atoms with Gasteiger partial charge in [0.2, 0.25) is 0 Å². The van der Waals surface area contributed by atoms with E-state index in [2.05, 4.69) is 19.2 Å². The lowest BCUT2D eigenvalue weighted by molar-refractivity contribution is -0.129. The minimum absolute atomic E-state index is 0.0377. The van der Waals surface area contributed by atoms with Gasteiger partial charge in [-0.05, 0) is 41.2 Å². The summed E-state index contributed by atoms with van der Waals surface area (Å²) >= 11 is 5.13. The van der Waals surface area contributed by atoms with E-state index in [1.807, 2.05) is 36.4 Å². The Hall–Kier alpha value is -2.77. The number of carbonyl (C=O) groups excluding carboxylic acids is 2. The summed E-state index contributed by atoms with van der Waals surface area (Å²) in [7, 11) is 1.54. The lowest BCUT2D eigenvalue weighted by Crippen LogP contribution is -2.54. The lowest BCUT2D eigenvalue weighted by atomic mass is 10.00. The SMILES string of the molecule is COCCN1C(=O)/C(=C\c2ccc(OCC(C)C)c3ccccc23)C(=O)NC1=S. The molecule has 152 valence electrons. The zero-order chi connectivity index (χ0) is 21.0. The van der Waals surface area contributed by atoms with Crippen LogP contribution in [0.25, 0.3) is 16.8 Å². The van der Waals surface area contributed by atoms with Crippen molar-refractivity contribution >= 4 is 46.0 Å². The summed E-state index contributed by atoms with van der Waals surface area (Å²) in [4.78, 5) is 26.7. The van der Waals surface area contributed by atoms with E-state index < -0.39 is 11.8 Å². The van der Waals surface area contributed by atoms with Gasteiger partial charge < -0.3 is 9.47 Å². The molecule has 29 heavy (non-hydrogen) atoms. The van der Waals surface area contributed by atoms with Crippen LogP contribution in [0.3, 0.4) is 0 Å². The molecule has 0 bridgehead atoms. The molecular weight excluding hydrogens is 388 g/mol. The molecule has 2 aromatic rings. The molecule has 0 aliphatic carbocycles. The molecule has 2 aromatic carbocycles. The third-order valence-electron chi connectivity index (χ3n) is 4.49. The van der Waals surface area contributed by atoms with Gasteiger partial charge in [-0.2, -0.15) is 0 Å². The van der Waals surface area contributed by atoms with Crippen LogP contribution in [0.4, 0.5) is 0 Å². The van der Waals surface area contributed by atoms with E-state index in [1.54, 1.807) is 13.2 Å². The number of methoxy groups -OCH3 is 1. The number of fused-ring (bicyclic) bond motifs is 1. The number of ether oxygens (including phenoxy) is 2. The molecule has 2 amide bonds. The maximum absolute atomic E-state index is 12.9. The molecule has 1 aliphatic heterocycles. The highest BCUT2D eigenvalue weighted by Gasteiger charge is 2.33. The first-order valence-corrected chi connectivity index (χ1v) is 9.85. The molecular formula is C22H24N2O4S. The smallest absolute Gasteiger partial charge is 0.265 e. The molecule has 6 nitrogen and oxygen atoms in total. The monoisotopic (exact) mass is 412 g/mol. The fraction of sp³-hybridized carbons (Fsp3) is 0.318. The third kappa shape index (κ3) is 4.63. The second kappa shape index (κ2) is 9.15. The van der Waals surface area contributed by atoms with E-state index in [0.29, 0.717) is 19.1 Å². The summed E-state index contributed by atoms with van der Waals surface area (Å²) in [6.07, 6.45) is 1.60. The van der Waals surface area contributed by atoms with Gasteiger partial charge in [-0.1, -0.05) is 44.2 Å². The minimum atomic E-state index is -0.502. The van der Waals surface area contributed by atoms with Crippen molar-refractivity contribution in [2.45, 2.75) is 13.8 Å². The summed E-state index contributed by atoms with van der Waals surface area (Å²) in [6.45, 7) is 5.38. The molecule has 0 atom stereocenters. The van der Waals surface area contributed by atoms with Gasteiger partial charge in [0.05, 0.1) is 19.8 Å². The maximum atomic E-state index is 12.9. The van der Waals surface area contributed by atoms with Crippen LogP contribution in [-0.4, -0.2) is 48.7 Å². The summed E-state index contributed by atoms with van der Waals surface area (Å²) in [6, 6.07) is 11.5. The average Bonchev–Trinajstić information content (AvgIpc) is 2.69. The summed E-state index contributed by atoms with van der Waals surface area (Å²) < 4.78 is 11.0. The van der Waals surface area contributed by atoms with Gasteiger partial charge in [-0.3, -0.25) is 19.8 Å². The van der Waals surface area contributed by atoms with Gasteiger partial charge in [-0.25, -0.2) is 0 Å². The largest absolute Gasteiger partial charge is 0.493 e. The van der Waals surface area contributed by atoms with Gasteiger partial charge in [0.1, 0.15) is 11.3 Å². The summed E-state index contributed by atoms with van der Waals surface area (Å²) in [5, 5.41) is 4.50. The second-order valence-corrected chi connectivity index (χ2v) is 7.56. The number of nitrogens with zero attached hydrogens (tertiary/aromatic N) is 1. The Bertz CT molecular complexity index is 984. The first kappa shape index (κ1) is 21.0. The van der Waals surface area contributed by atoms with Crippen molar-refractivity contribution in [1.29, 1.82) is 0 Å². The summed E-state index contributed by atoms with van der Waals surface area (Å²) in [5.41, 5.74) is 0.797. The van der Waals surface area contributed by atoms with Crippen molar-refractivity contribution in [2.75, 3.05) is 26.9 Å². The number of benzene rings is 2. The fourth-order valence-electron chi connectivity index (χ4n) is 3.04. The molecule has 1 saturated heterocycles. The minimum Gasteiger partial charge on any atom is -0.493 e. The standard InChI is InChI=1S/C22H24N2O4S/c1-14(2)13-28-19-9-8-15(16-6-4-5-7-17(16)19)12-18-20(25)23-22(29)24(21(18)26)10-11-27-3/h4-9,12,14H,10-11,13H2,1-3H3,(H,23,25,29)/b18-12-. The van der Waals surface area contributed by atoms with Crippen molar-refractivity contribution in [1.82, 2.24) is 10.2 Å². The Labute approximate surface area is 175 Å². The highest BCUT2D eigenvalue weighted by Crippen LogP contribution is 2.30. The van der Waals surface area contributed by atoms with Crippen molar-refractivity contribution < 1.29 is 19.1 Å². The number of nitrogens with one attached hydrogen (secondary N) is 1. The van der Waals surface area contributed by atoms with Gasteiger partial charge in [0.15, 0.2) is 5.11 Å². The molecule has 0 unspecified atom stereocenters. The molecule has 1 aliphatic rings. The molecule has 0 aromatic heterocycles. The van der Waals surface area contributed by atoms with E-state index in [4.69, 9.17) is 21.7 Å². The van der Waals surface area contributed by atoms with Crippen molar-refractivity contribution in [3.8, 4) is 5.75 Å². The van der Waals surface area contributed by atoms with Crippen LogP contribution in [0, 0.1) is 5.92 Å². The predicted octanol–water partition coefficient (Wildman–Crippen LogP) is 3.15. The average molecular weight is 413 g/mol. The molecule has 3 rings (SSSR count). The van der Waals surface area contributed by atoms with E-state index in [-0.39, 0.29) is 17.2 Å². The zero-order valence-electron chi connectivity index (χ0n) is 16.7. The number of rotatable bonds is 7. The number of amides is 2. The van der Waals surface area contributed by atoms with Crippen LogP contribution in [-0.2, 0) is 14.3 Å². The Balaban J connectivity index is 2.00. The van der Waals surface area contributed by atoms with Crippen LogP contribution in [0.5, 0.6) is 5.75 Å². The molecule has 1 fully saturated rings. The van der Waals surface area contributed by atoms with Gasteiger partial charge in [0, 0.05) is 12.5 Å². The fourth-order valence-corrected chi connectivity index (χ4v) is 3.30. The highest BCUT2D eigenvalue weighted by molar-refractivity contribution is 7.80. The van der Waals surface area contributed by atoms with E-state index >= 15 is 0 Å². The highest BCUT2D eigenvalue weighted by atomic mass is 32.1. The van der Waals surface area contributed by atoms with Gasteiger partial charge in [-0.15, -0.1) is 0 Å². The Morgan fingerprint density at radius 2 is 1.86 bits per heavy atom. The first-order chi connectivity index (χ1) is 13.9. The quantitative estimate of drug-likeness (QED) is 0.430. The Kier molecular flexibility index (Phi) is 6.61. The predicted molar refractivity (Wildman–Crippen MR) is 117 cm³/mol. The van der Waals surface area contributed by atoms with Crippen LogP contribution in [0.1, 0.15) is 19.4 Å². The van der Waals surface area contributed by atoms with Crippen LogP contribution in [0.2, 0.25) is 0 Å². The Morgan fingerprint density at radius 3 is 2.55 bits per heavy atom. The van der Waals surface area contributed by atoms with E-state index in [1.165, 1.54) is 4.90 Å². The van der Waals surface area contributed by atoms with Crippen LogP contribution >= 0.6 is 12.2 Å². The van der Waals surface area contributed by atoms with Crippen LogP contribution in [0.15, 0.2) is 42.0 Å². The zero-order valence-corrected chi connectivity index (χ0v) is 17.5. The molecule has 0 saturated carbocycles. The molecule has 0 radical (unpaired) electrons. The normalized spacial score (nSPS) is 16.1. The molecule has 1 N–H and O–H groups in total. The van der Waals surface area contributed by atoms with Crippen molar-refractivity contribution in [3.05, 3.63) is 47.5 Å². The molecule has 7 heteroatoms.